The van der Waals surface area contributed by atoms with E-state index in [1.807, 2.05) is 12.1 Å². The number of imide groups is 1. The second-order valence-electron chi connectivity index (χ2n) is 3.72. The Morgan fingerprint density at radius 3 is 2.47 bits per heavy atom. The molecule has 5 nitrogen and oxygen atoms in total. The van der Waals surface area contributed by atoms with Crippen molar-refractivity contribution in [3.63, 3.8) is 0 Å². The molecule has 1 aromatic rings. The molecule has 0 fully saturated rings. The van der Waals surface area contributed by atoms with Crippen molar-refractivity contribution in [1.82, 2.24) is 10.6 Å². The average Bonchev–Trinajstić information content (AvgIpc) is 2.60. The lowest BCUT2D eigenvalue weighted by molar-refractivity contribution is -0.124. The van der Waals surface area contributed by atoms with Crippen LogP contribution in [0.2, 0.25) is 0 Å². The predicted molar refractivity (Wildman–Crippen MR) is 61.0 cm³/mol. The fourth-order valence-corrected chi connectivity index (χ4v) is 1.55. The summed E-state index contributed by atoms with van der Waals surface area (Å²) in [5.41, 5.74) is 1.34. The quantitative estimate of drug-likeness (QED) is 0.642. The van der Waals surface area contributed by atoms with Gasteiger partial charge >= 0.3 is 0 Å². The zero-order chi connectivity index (χ0) is 12.3. The van der Waals surface area contributed by atoms with Gasteiger partial charge in [0.25, 0.3) is 11.8 Å². The van der Waals surface area contributed by atoms with Crippen molar-refractivity contribution in [1.29, 1.82) is 0 Å². The number of carbonyl (C=O) groups excluding carboxylic acids is 2. The first-order valence-corrected chi connectivity index (χ1v) is 5.24. The number of phenols is 1. The highest BCUT2D eigenvalue weighted by atomic mass is 16.3. The first-order chi connectivity index (χ1) is 8.15. The van der Waals surface area contributed by atoms with Gasteiger partial charge in [-0.3, -0.25) is 14.9 Å². The van der Waals surface area contributed by atoms with E-state index in [1.165, 1.54) is 6.08 Å². The zero-order valence-electron chi connectivity index (χ0n) is 9.06. The second-order valence-corrected chi connectivity index (χ2v) is 3.72. The van der Waals surface area contributed by atoms with E-state index in [0.717, 1.165) is 5.56 Å². The van der Waals surface area contributed by atoms with Gasteiger partial charge in [0, 0.05) is 12.6 Å². The van der Waals surface area contributed by atoms with E-state index in [9.17, 15) is 9.59 Å². The molecule has 2 amide bonds. The molecule has 5 heteroatoms. The summed E-state index contributed by atoms with van der Waals surface area (Å²) in [5, 5.41) is 14.2. The normalized spacial score (nSPS) is 14.5. The maximum Gasteiger partial charge on any atom is 0.274 e. The van der Waals surface area contributed by atoms with E-state index in [4.69, 9.17) is 5.11 Å². The number of hydrogen-bond donors (Lipinski definition) is 3. The minimum atomic E-state index is -0.388. The van der Waals surface area contributed by atoms with Crippen LogP contribution in [0, 0.1) is 0 Å². The van der Waals surface area contributed by atoms with E-state index in [-0.39, 0.29) is 17.6 Å². The number of phenolic OH excluding ortho intramolecular Hbond substituents is 1. The molecule has 0 saturated carbocycles. The Labute approximate surface area is 98.1 Å². The molecule has 2 rings (SSSR count). The lowest BCUT2D eigenvalue weighted by atomic mass is 10.1. The zero-order valence-corrected chi connectivity index (χ0v) is 9.06. The van der Waals surface area contributed by atoms with Crippen LogP contribution in [0.15, 0.2) is 36.0 Å². The Kier molecular flexibility index (Phi) is 3.09. The minimum absolute atomic E-state index is 0.227. The van der Waals surface area contributed by atoms with Gasteiger partial charge in [0.1, 0.15) is 11.4 Å². The number of aromatic hydroxyl groups is 1. The third-order valence-corrected chi connectivity index (χ3v) is 2.42. The number of amides is 2. The summed E-state index contributed by atoms with van der Waals surface area (Å²) in [4.78, 5) is 22.0. The van der Waals surface area contributed by atoms with Gasteiger partial charge in [-0.25, -0.2) is 0 Å². The summed E-state index contributed by atoms with van der Waals surface area (Å²) in [6, 6.07) is 6.84. The molecule has 0 aliphatic carbocycles. The molecule has 0 atom stereocenters. The molecule has 0 radical (unpaired) electrons. The number of rotatable bonds is 4. The van der Waals surface area contributed by atoms with Crippen LogP contribution in [-0.4, -0.2) is 23.5 Å². The highest BCUT2D eigenvalue weighted by molar-refractivity contribution is 6.15. The highest BCUT2D eigenvalue weighted by Crippen LogP contribution is 2.09. The smallest absolute Gasteiger partial charge is 0.274 e. The van der Waals surface area contributed by atoms with Crippen LogP contribution in [-0.2, 0) is 16.0 Å². The number of benzene rings is 1. The molecule has 0 spiro atoms. The number of carbonyl (C=O) groups is 2. The van der Waals surface area contributed by atoms with E-state index in [2.05, 4.69) is 10.6 Å². The minimum Gasteiger partial charge on any atom is -0.508 e. The summed E-state index contributed by atoms with van der Waals surface area (Å²) < 4.78 is 0. The van der Waals surface area contributed by atoms with Gasteiger partial charge < -0.3 is 10.4 Å². The molecular weight excluding hydrogens is 220 g/mol. The van der Waals surface area contributed by atoms with E-state index < -0.39 is 0 Å². The van der Waals surface area contributed by atoms with Crippen LogP contribution in [0.3, 0.4) is 0 Å². The monoisotopic (exact) mass is 232 g/mol. The Bertz CT molecular complexity index is 477. The molecule has 88 valence electrons. The lowest BCUT2D eigenvalue weighted by Crippen LogP contribution is -2.28. The third-order valence-electron chi connectivity index (χ3n) is 2.42. The maximum atomic E-state index is 11.2. The van der Waals surface area contributed by atoms with Crippen LogP contribution in [0.5, 0.6) is 5.75 Å². The Morgan fingerprint density at radius 2 is 1.88 bits per heavy atom. The molecule has 0 saturated heterocycles. The Hall–Kier alpha value is -2.30. The van der Waals surface area contributed by atoms with Crippen molar-refractivity contribution in [2.24, 2.45) is 0 Å². The summed E-state index contributed by atoms with van der Waals surface area (Å²) >= 11 is 0. The van der Waals surface area contributed by atoms with Crippen molar-refractivity contribution in [2.45, 2.75) is 6.42 Å². The fraction of sp³-hybridized carbons (Fsp3) is 0.167. The van der Waals surface area contributed by atoms with Gasteiger partial charge in [-0.05, 0) is 24.1 Å². The summed E-state index contributed by atoms with van der Waals surface area (Å²) in [6.07, 6.45) is 1.96. The van der Waals surface area contributed by atoms with Crippen LogP contribution in [0.25, 0.3) is 0 Å². The SMILES string of the molecule is O=C1C=C(NCCc2ccc(O)cc2)C(=O)N1. The van der Waals surface area contributed by atoms with E-state index >= 15 is 0 Å². The summed E-state index contributed by atoms with van der Waals surface area (Å²) in [7, 11) is 0. The second kappa shape index (κ2) is 4.69. The summed E-state index contributed by atoms with van der Waals surface area (Å²) in [6.45, 7) is 0.553. The molecule has 1 aliphatic rings. The van der Waals surface area contributed by atoms with Gasteiger partial charge in [0.15, 0.2) is 0 Å². The van der Waals surface area contributed by atoms with Gasteiger partial charge in [-0.1, -0.05) is 12.1 Å². The van der Waals surface area contributed by atoms with E-state index in [1.54, 1.807) is 12.1 Å². The molecule has 17 heavy (non-hydrogen) atoms. The highest BCUT2D eigenvalue weighted by Gasteiger charge is 2.19. The molecule has 0 bridgehead atoms. The molecule has 0 aromatic heterocycles. The maximum absolute atomic E-state index is 11.2. The van der Waals surface area contributed by atoms with Crippen LogP contribution < -0.4 is 10.6 Å². The Balaban J connectivity index is 1.84. The van der Waals surface area contributed by atoms with Crippen LogP contribution in [0.4, 0.5) is 0 Å². The standard InChI is InChI=1S/C12H12N2O3/c15-9-3-1-8(2-4-9)5-6-13-10-7-11(16)14-12(10)17/h1-4,7,15H,5-6H2,(H2,13,14,16,17). The molecule has 0 unspecified atom stereocenters. The van der Waals surface area contributed by atoms with E-state index in [0.29, 0.717) is 18.7 Å². The molecule has 1 heterocycles. The van der Waals surface area contributed by atoms with Gasteiger partial charge in [0.05, 0.1) is 0 Å². The molecule has 1 aromatic carbocycles. The summed E-state index contributed by atoms with van der Waals surface area (Å²) in [5.74, 6) is -0.548. The van der Waals surface area contributed by atoms with Crippen LogP contribution >= 0.6 is 0 Å². The average molecular weight is 232 g/mol. The van der Waals surface area contributed by atoms with Crippen LogP contribution in [0.1, 0.15) is 5.56 Å². The largest absolute Gasteiger partial charge is 0.508 e. The van der Waals surface area contributed by atoms with Crippen molar-refractivity contribution < 1.29 is 14.7 Å². The van der Waals surface area contributed by atoms with Gasteiger partial charge in [-0.15, -0.1) is 0 Å². The van der Waals surface area contributed by atoms with Crippen molar-refractivity contribution in [3.05, 3.63) is 41.6 Å². The third kappa shape index (κ3) is 2.84. The van der Waals surface area contributed by atoms with Crippen molar-refractivity contribution >= 4 is 11.8 Å². The van der Waals surface area contributed by atoms with Gasteiger partial charge in [-0.2, -0.15) is 0 Å². The molecule has 1 aliphatic heterocycles. The number of nitrogens with one attached hydrogen (secondary N) is 2. The van der Waals surface area contributed by atoms with Crippen molar-refractivity contribution in [3.8, 4) is 5.75 Å². The molecule has 3 N–H and O–H groups in total. The molecular formula is C12H12N2O3. The number of hydrogen-bond acceptors (Lipinski definition) is 4. The first kappa shape index (κ1) is 11.2. The fourth-order valence-electron chi connectivity index (χ4n) is 1.55. The van der Waals surface area contributed by atoms with Crippen molar-refractivity contribution in [2.75, 3.05) is 6.54 Å². The Morgan fingerprint density at radius 1 is 1.18 bits per heavy atom. The van der Waals surface area contributed by atoms with Gasteiger partial charge in [0.2, 0.25) is 0 Å². The predicted octanol–water partition coefficient (Wildman–Crippen LogP) is 0.0646. The lowest BCUT2D eigenvalue weighted by Gasteiger charge is -2.05. The topological polar surface area (TPSA) is 78.4 Å². The first-order valence-electron chi connectivity index (χ1n) is 5.24.